The SMILES string of the molecule is CCN1C(=O)C=COS1(=O)=O. The van der Waals surface area contributed by atoms with E-state index in [4.69, 9.17) is 0 Å². The second-order valence-corrected chi connectivity index (χ2v) is 3.35. The predicted molar refractivity (Wildman–Crippen MR) is 36.5 cm³/mol. The Labute approximate surface area is 64.5 Å². The molecule has 0 radical (unpaired) electrons. The van der Waals surface area contributed by atoms with Crippen LogP contribution in [0.4, 0.5) is 0 Å². The Kier molecular flexibility index (Phi) is 1.86. The maximum atomic E-state index is 10.9. The van der Waals surface area contributed by atoms with Gasteiger partial charge in [0.2, 0.25) is 0 Å². The van der Waals surface area contributed by atoms with Crippen molar-refractivity contribution in [3.05, 3.63) is 12.3 Å². The molecule has 0 aliphatic carbocycles. The predicted octanol–water partition coefficient (Wildman–Crippen LogP) is -0.376. The Morgan fingerprint density at radius 3 is 2.64 bits per heavy atom. The molecule has 0 atom stereocenters. The molecule has 0 aromatic carbocycles. The van der Waals surface area contributed by atoms with Crippen molar-refractivity contribution in [2.75, 3.05) is 6.54 Å². The molecule has 1 amide bonds. The van der Waals surface area contributed by atoms with Crippen molar-refractivity contribution in [3.63, 3.8) is 0 Å². The third-order valence-electron chi connectivity index (χ3n) is 1.19. The standard InChI is InChI=1S/C5H7NO4S/c1-2-6-5(7)3-4-10-11(6,8)9/h3-4H,2H2,1H3. The van der Waals surface area contributed by atoms with Crippen LogP contribution in [0, 0.1) is 0 Å². The lowest BCUT2D eigenvalue weighted by molar-refractivity contribution is -0.122. The van der Waals surface area contributed by atoms with E-state index < -0.39 is 16.2 Å². The van der Waals surface area contributed by atoms with Crippen molar-refractivity contribution in [1.82, 2.24) is 4.31 Å². The summed E-state index contributed by atoms with van der Waals surface area (Å²) in [6.45, 7) is 1.64. The Morgan fingerprint density at radius 2 is 2.27 bits per heavy atom. The summed E-state index contributed by atoms with van der Waals surface area (Å²) in [7, 11) is -3.83. The lowest BCUT2D eigenvalue weighted by Gasteiger charge is -2.19. The average Bonchev–Trinajstić information content (AvgIpc) is 1.86. The normalized spacial score (nSPS) is 21.5. The van der Waals surface area contributed by atoms with E-state index in [2.05, 4.69) is 4.18 Å². The van der Waals surface area contributed by atoms with E-state index in [0.717, 1.165) is 12.3 Å². The molecule has 0 spiro atoms. The van der Waals surface area contributed by atoms with Gasteiger partial charge in [0.25, 0.3) is 5.91 Å². The molecule has 0 fully saturated rings. The van der Waals surface area contributed by atoms with Crippen LogP contribution in [0.3, 0.4) is 0 Å². The van der Waals surface area contributed by atoms with Gasteiger partial charge in [0.1, 0.15) is 6.26 Å². The smallest absolute Gasteiger partial charge is 0.374 e. The highest BCUT2D eigenvalue weighted by atomic mass is 32.2. The minimum atomic E-state index is -3.83. The Bertz CT molecular complexity index is 292. The Hall–Kier alpha value is -1.04. The summed E-state index contributed by atoms with van der Waals surface area (Å²) in [5.74, 6) is -0.571. The van der Waals surface area contributed by atoms with E-state index in [1.165, 1.54) is 0 Å². The van der Waals surface area contributed by atoms with Gasteiger partial charge in [0.15, 0.2) is 0 Å². The van der Waals surface area contributed by atoms with E-state index in [0.29, 0.717) is 4.31 Å². The van der Waals surface area contributed by atoms with Crippen LogP contribution in [0.2, 0.25) is 0 Å². The summed E-state index contributed by atoms with van der Waals surface area (Å²) in [6.07, 6.45) is 1.92. The van der Waals surface area contributed by atoms with Gasteiger partial charge in [-0.25, -0.2) is 4.31 Å². The van der Waals surface area contributed by atoms with Gasteiger partial charge in [-0.2, -0.15) is 8.42 Å². The van der Waals surface area contributed by atoms with Gasteiger partial charge in [-0.3, -0.25) is 4.79 Å². The summed E-state index contributed by atoms with van der Waals surface area (Å²) < 4.78 is 26.6. The van der Waals surface area contributed by atoms with Gasteiger partial charge >= 0.3 is 10.3 Å². The molecule has 0 aromatic rings. The molecule has 0 bridgehead atoms. The van der Waals surface area contributed by atoms with Crippen molar-refractivity contribution in [2.45, 2.75) is 6.92 Å². The fourth-order valence-corrected chi connectivity index (χ4v) is 1.61. The second kappa shape index (κ2) is 2.54. The van der Waals surface area contributed by atoms with Gasteiger partial charge in [-0.15, -0.1) is 0 Å². The van der Waals surface area contributed by atoms with Crippen LogP contribution in [0.5, 0.6) is 0 Å². The van der Waals surface area contributed by atoms with E-state index in [1.807, 2.05) is 0 Å². The molecule has 1 aliphatic rings. The lowest BCUT2D eigenvalue weighted by Crippen LogP contribution is -2.38. The van der Waals surface area contributed by atoms with Gasteiger partial charge < -0.3 is 4.18 Å². The van der Waals surface area contributed by atoms with Gasteiger partial charge in [0.05, 0.1) is 0 Å². The maximum Gasteiger partial charge on any atom is 0.411 e. The first-order chi connectivity index (χ1) is 5.08. The van der Waals surface area contributed by atoms with Crippen molar-refractivity contribution >= 4 is 16.2 Å². The molecular formula is C5H7NO4S. The largest absolute Gasteiger partial charge is 0.411 e. The number of hydrogen-bond acceptors (Lipinski definition) is 4. The summed E-state index contributed by atoms with van der Waals surface area (Å²) in [5, 5.41) is 0. The zero-order chi connectivity index (χ0) is 8.48. The van der Waals surface area contributed by atoms with Crippen LogP contribution in [0.1, 0.15) is 6.92 Å². The highest BCUT2D eigenvalue weighted by Gasteiger charge is 2.28. The molecule has 6 heteroatoms. The van der Waals surface area contributed by atoms with Crippen LogP contribution >= 0.6 is 0 Å². The number of carbonyl (C=O) groups excluding carboxylic acids is 1. The quantitative estimate of drug-likeness (QED) is 0.548. The van der Waals surface area contributed by atoms with Gasteiger partial charge in [0, 0.05) is 12.6 Å². The van der Waals surface area contributed by atoms with Gasteiger partial charge in [-0.05, 0) is 6.92 Å². The molecule has 1 aliphatic heterocycles. The number of likely N-dealkylation sites (N-methyl/N-ethyl adjacent to an activating group) is 1. The Morgan fingerprint density at radius 1 is 1.64 bits per heavy atom. The minimum absolute atomic E-state index is 0.0888. The van der Waals surface area contributed by atoms with Crippen LogP contribution < -0.4 is 0 Å². The number of hydrogen-bond donors (Lipinski definition) is 0. The third-order valence-corrected chi connectivity index (χ3v) is 2.52. The summed E-state index contributed by atoms with van der Waals surface area (Å²) in [6, 6.07) is 0. The first kappa shape index (κ1) is 8.06. The first-order valence-electron chi connectivity index (χ1n) is 2.99. The van der Waals surface area contributed by atoms with Gasteiger partial charge in [-0.1, -0.05) is 0 Å². The maximum absolute atomic E-state index is 10.9. The fourth-order valence-electron chi connectivity index (χ4n) is 0.715. The van der Waals surface area contributed by atoms with Crippen LogP contribution in [-0.2, 0) is 19.3 Å². The molecule has 1 heterocycles. The summed E-state index contributed by atoms with van der Waals surface area (Å²) in [5.41, 5.74) is 0. The van der Waals surface area contributed by atoms with E-state index >= 15 is 0 Å². The van der Waals surface area contributed by atoms with Crippen molar-refractivity contribution in [1.29, 1.82) is 0 Å². The molecule has 0 unspecified atom stereocenters. The highest BCUT2D eigenvalue weighted by Crippen LogP contribution is 2.09. The topological polar surface area (TPSA) is 63.7 Å². The molecule has 1 rings (SSSR count). The van der Waals surface area contributed by atoms with Crippen molar-refractivity contribution in [2.24, 2.45) is 0 Å². The van der Waals surface area contributed by atoms with Crippen molar-refractivity contribution in [3.8, 4) is 0 Å². The van der Waals surface area contributed by atoms with E-state index in [1.54, 1.807) is 6.92 Å². The molecule has 62 valence electrons. The molecular weight excluding hydrogens is 170 g/mol. The van der Waals surface area contributed by atoms with Crippen LogP contribution in [-0.4, -0.2) is 25.2 Å². The average molecular weight is 177 g/mol. The minimum Gasteiger partial charge on any atom is -0.374 e. The second-order valence-electron chi connectivity index (χ2n) is 1.86. The van der Waals surface area contributed by atoms with Crippen molar-refractivity contribution < 1.29 is 17.4 Å². The third kappa shape index (κ3) is 1.35. The molecule has 5 nitrogen and oxygen atoms in total. The lowest BCUT2D eigenvalue weighted by atomic mass is 10.5. The van der Waals surface area contributed by atoms with E-state index in [-0.39, 0.29) is 6.54 Å². The molecule has 0 saturated heterocycles. The van der Waals surface area contributed by atoms with E-state index in [9.17, 15) is 13.2 Å². The number of amides is 1. The first-order valence-corrected chi connectivity index (χ1v) is 4.36. The number of nitrogens with zero attached hydrogens (tertiary/aromatic N) is 1. The van der Waals surface area contributed by atoms with Crippen LogP contribution in [0.15, 0.2) is 12.3 Å². The molecule has 0 aromatic heterocycles. The van der Waals surface area contributed by atoms with Crippen LogP contribution in [0.25, 0.3) is 0 Å². The molecule has 0 N–H and O–H groups in total. The summed E-state index contributed by atoms with van der Waals surface area (Å²) in [4.78, 5) is 10.8. The monoisotopic (exact) mass is 177 g/mol. The molecule has 11 heavy (non-hydrogen) atoms. The number of carbonyl (C=O) groups is 1. The molecule has 0 saturated carbocycles. The highest BCUT2D eigenvalue weighted by molar-refractivity contribution is 7.85. The summed E-state index contributed by atoms with van der Waals surface area (Å²) >= 11 is 0. The Balaban J connectivity index is 3.05. The number of rotatable bonds is 1. The fraction of sp³-hybridized carbons (Fsp3) is 0.400. The zero-order valence-corrected chi connectivity index (χ0v) is 6.67. The zero-order valence-electron chi connectivity index (χ0n) is 5.85.